The minimum Gasteiger partial charge on any atom is -0.319 e. The lowest BCUT2D eigenvalue weighted by Gasteiger charge is -2.22. The molecule has 2 aromatic carbocycles. The van der Waals surface area contributed by atoms with Crippen LogP contribution in [0.4, 0.5) is 4.79 Å². The third-order valence-electron chi connectivity index (χ3n) is 5.52. The number of benzene rings is 2. The van der Waals surface area contributed by atoms with Gasteiger partial charge in [0.05, 0.1) is 6.54 Å². The van der Waals surface area contributed by atoms with Gasteiger partial charge >= 0.3 is 6.03 Å². The second kappa shape index (κ2) is 9.03. The number of carbonyl (C=O) groups excluding carboxylic acids is 3. The maximum Gasteiger partial charge on any atom is 0.325 e. The van der Waals surface area contributed by atoms with Crippen molar-refractivity contribution < 1.29 is 14.4 Å². The van der Waals surface area contributed by atoms with Crippen molar-refractivity contribution >= 4 is 17.7 Å². The lowest BCUT2D eigenvalue weighted by molar-refractivity contribution is -0.130. The Balaban J connectivity index is 1.64. The highest BCUT2D eigenvalue weighted by molar-refractivity contribution is 6.11. The van der Waals surface area contributed by atoms with Crippen LogP contribution in [0.15, 0.2) is 54.6 Å². The number of nitrogens with zero attached hydrogens (tertiary/aromatic N) is 1. The second-order valence-corrected chi connectivity index (χ2v) is 7.74. The van der Waals surface area contributed by atoms with E-state index in [-0.39, 0.29) is 12.3 Å². The predicted molar refractivity (Wildman–Crippen MR) is 113 cm³/mol. The van der Waals surface area contributed by atoms with Crippen molar-refractivity contribution in [3.05, 3.63) is 71.3 Å². The molecule has 0 aromatic heterocycles. The monoisotopic (exact) mass is 392 g/mol. The molecule has 1 N–H and O–H groups in total. The van der Waals surface area contributed by atoms with Gasteiger partial charge in [0.1, 0.15) is 5.54 Å². The zero-order valence-electron chi connectivity index (χ0n) is 17.1. The molecule has 0 bridgehead atoms. The number of imide groups is 1. The number of amides is 3. The van der Waals surface area contributed by atoms with Gasteiger partial charge in [-0.1, -0.05) is 80.8 Å². The molecule has 5 heteroatoms. The summed E-state index contributed by atoms with van der Waals surface area (Å²) in [5.74, 6) is -0.655. The first-order valence-electron chi connectivity index (χ1n) is 10.3. The number of urea groups is 1. The summed E-state index contributed by atoms with van der Waals surface area (Å²) in [7, 11) is 0. The van der Waals surface area contributed by atoms with E-state index in [1.165, 1.54) is 24.8 Å². The summed E-state index contributed by atoms with van der Waals surface area (Å²) in [5, 5.41) is 2.73. The Kier molecular flexibility index (Phi) is 6.47. The van der Waals surface area contributed by atoms with E-state index in [4.69, 9.17) is 0 Å². The third-order valence-corrected chi connectivity index (χ3v) is 5.52. The second-order valence-electron chi connectivity index (χ2n) is 7.74. The average molecular weight is 392 g/mol. The standard InChI is InChI=1S/C24H28N2O3/c1-3-4-5-7-10-18-13-15-19(16-14-18)21(27)17-26-22(28)24(2,25-23(26)29)20-11-8-6-9-12-20/h6,8-9,11-16H,3-5,7,10,17H2,1-2H3,(H,25,29). The molecule has 0 radical (unpaired) electrons. The molecule has 1 heterocycles. The van der Waals surface area contributed by atoms with Crippen molar-refractivity contribution in [2.24, 2.45) is 0 Å². The van der Waals surface area contributed by atoms with Crippen LogP contribution >= 0.6 is 0 Å². The van der Waals surface area contributed by atoms with E-state index in [1.54, 1.807) is 31.2 Å². The van der Waals surface area contributed by atoms with E-state index in [2.05, 4.69) is 12.2 Å². The van der Waals surface area contributed by atoms with E-state index >= 15 is 0 Å². The zero-order valence-corrected chi connectivity index (χ0v) is 17.1. The van der Waals surface area contributed by atoms with Gasteiger partial charge in [0.2, 0.25) is 0 Å². The van der Waals surface area contributed by atoms with E-state index < -0.39 is 17.5 Å². The highest BCUT2D eigenvalue weighted by Crippen LogP contribution is 2.28. The van der Waals surface area contributed by atoms with Crippen LogP contribution in [0.1, 0.15) is 61.0 Å². The van der Waals surface area contributed by atoms with Crippen LogP contribution in [0, 0.1) is 0 Å². The molecule has 29 heavy (non-hydrogen) atoms. The fourth-order valence-electron chi connectivity index (χ4n) is 3.66. The Hall–Kier alpha value is -2.95. The van der Waals surface area contributed by atoms with Gasteiger partial charge in [-0.3, -0.25) is 14.5 Å². The van der Waals surface area contributed by atoms with Gasteiger partial charge < -0.3 is 5.32 Å². The number of unbranched alkanes of at least 4 members (excludes halogenated alkanes) is 3. The normalized spacial score (nSPS) is 18.8. The van der Waals surface area contributed by atoms with E-state index in [9.17, 15) is 14.4 Å². The van der Waals surface area contributed by atoms with Crippen LogP contribution in [0.3, 0.4) is 0 Å². The zero-order chi connectivity index (χ0) is 20.9. The first-order valence-corrected chi connectivity index (χ1v) is 10.3. The molecule has 1 unspecified atom stereocenters. The van der Waals surface area contributed by atoms with Gasteiger partial charge in [-0.05, 0) is 30.9 Å². The Morgan fingerprint density at radius 1 is 0.966 bits per heavy atom. The minimum absolute atomic E-state index is 0.247. The van der Waals surface area contributed by atoms with Crippen LogP contribution in [-0.2, 0) is 16.8 Å². The Labute approximate surface area is 172 Å². The van der Waals surface area contributed by atoms with Crippen LogP contribution in [0.5, 0.6) is 0 Å². The number of carbonyl (C=O) groups is 3. The summed E-state index contributed by atoms with van der Waals surface area (Å²) in [6, 6.07) is 16.0. The molecule has 0 spiro atoms. The smallest absolute Gasteiger partial charge is 0.319 e. The summed E-state index contributed by atoms with van der Waals surface area (Å²) < 4.78 is 0. The highest BCUT2D eigenvalue weighted by atomic mass is 16.2. The quantitative estimate of drug-likeness (QED) is 0.389. The first kappa shape index (κ1) is 20.8. The molecule has 1 saturated heterocycles. The first-order chi connectivity index (χ1) is 14.0. The summed E-state index contributed by atoms with van der Waals surface area (Å²) in [6.45, 7) is 3.59. The molecule has 152 valence electrons. The van der Waals surface area contributed by atoms with E-state index in [0.717, 1.165) is 17.7 Å². The lowest BCUT2D eigenvalue weighted by Crippen LogP contribution is -2.41. The van der Waals surface area contributed by atoms with Crippen LogP contribution < -0.4 is 5.32 Å². The van der Waals surface area contributed by atoms with Gasteiger partial charge in [0, 0.05) is 5.56 Å². The molecule has 1 aliphatic rings. The third kappa shape index (κ3) is 4.56. The van der Waals surface area contributed by atoms with E-state index in [0.29, 0.717) is 11.1 Å². The van der Waals surface area contributed by atoms with Crippen molar-refractivity contribution in [1.29, 1.82) is 0 Å². The summed E-state index contributed by atoms with van der Waals surface area (Å²) in [5.41, 5.74) is 1.25. The van der Waals surface area contributed by atoms with Gasteiger partial charge in [-0.25, -0.2) is 4.79 Å². The molecular weight excluding hydrogens is 364 g/mol. The number of Topliss-reactive ketones (excluding diaryl/α,β-unsaturated/α-hetero) is 1. The molecule has 0 aliphatic carbocycles. The maximum absolute atomic E-state index is 12.9. The van der Waals surface area contributed by atoms with Crippen molar-refractivity contribution in [2.45, 2.75) is 51.5 Å². The topological polar surface area (TPSA) is 66.5 Å². The lowest BCUT2D eigenvalue weighted by atomic mass is 9.92. The van der Waals surface area contributed by atoms with Gasteiger partial charge in [-0.15, -0.1) is 0 Å². The van der Waals surface area contributed by atoms with Crippen molar-refractivity contribution in [3.63, 3.8) is 0 Å². The molecule has 1 aliphatic heterocycles. The Morgan fingerprint density at radius 3 is 2.31 bits per heavy atom. The summed E-state index contributed by atoms with van der Waals surface area (Å²) >= 11 is 0. The number of ketones is 1. The molecule has 0 saturated carbocycles. The molecule has 1 atom stereocenters. The van der Waals surface area contributed by atoms with Crippen LogP contribution in [0.25, 0.3) is 0 Å². The molecule has 3 rings (SSSR count). The van der Waals surface area contributed by atoms with E-state index in [1.807, 2.05) is 30.3 Å². The SMILES string of the molecule is CCCCCCc1ccc(C(=O)CN2C(=O)NC(C)(c3ccccc3)C2=O)cc1. The Morgan fingerprint density at radius 2 is 1.66 bits per heavy atom. The fourth-order valence-corrected chi connectivity index (χ4v) is 3.66. The predicted octanol–water partition coefficient (Wildman–Crippen LogP) is 4.46. The average Bonchev–Trinajstić information content (AvgIpc) is 2.96. The van der Waals surface area contributed by atoms with Crippen molar-refractivity contribution in [1.82, 2.24) is 10.2 Å². The summed E-state index contributed by atoms with van der Waals surface area (Å²) in [4.78, 5) is 39.0. The van der Waals surface area contributed by atoms with Crippen molar-refractivity contribution in [2.75, 3.05) is 6.54 Å². The van der Waals surface area contributed by atoms with Crippen LogP contribution in [0.2, 0.25) is 0 Å². The van der Waals surface area contributed by atoms with Gasteiger partial charge in [0.25, 0.3) is 5.91 Å². The highest BCUT2D eigenvalue weighted by Gasteiger charge is 2.49. The fraction of sp³-hybridized carbons (Fsp3) is 0.375. The number of rotatable bonds is 9. The van der Waals surface area contributed by atoms with Gasteiger partial charge in [0.15, 0.2) is 5.78 Å². The number of nitrogens with one attached hydrogen (secondary N) is 1. The molecule has 3 amide bonds. The van der Waals surface area contributed by atoms with Crippen molar-refractivity contribution in [3.8, 4) is 0 Å². The minimum atomic E-state index is -1.15. The Bertz CT molecular complexity index is 877. The van der Waals surface area contributed by atoms with Gasteiger partial charge in [-0.2, -0.15) is 0 Å². The number of hydrogen-bond acceptors (Lipinski definition) is 3. The molecule has 1 fully saturated rings. The maximum atomic E-state index is 12.9. The molecular formula is C24H28N2O3. The number of aryl methyl sites for hydroxylation is 1. The van der Waals surface area contributed by atoms with Crippen LogP contribution in [-0.4, -0.2) is 29.2 Å². The molecule has 5 nitrogen and oxygen atoms in total. The molecule has 2 aromatic rings. The largest absolute Gasteiger partial charge is 0.325 e. The number of hydrogen-bond donors (Lipinski definition) is 1. The summed E-state index contributed by atoms with van der Waals surface area (Å²) in [6.07, 6.45) is 5.80.